The van der Waals surface area contributed by atoms with Gasteiger partial charge in [-0.05, 0) is 38.5 Å². The Kier molecular flexibility index (Phi) is 14.0. The number of nitrogens with zero attached hydrogens (tertiary/aromatic N) is 2. The summed E-state index contributed by atoms with van der Waals surface area (Å²) in [5.74, 6) is 0. The molecule has 0 aromatic heterocycles. The van der Waals surface area contributed by atoms with Gasteiger partial charge in [0, 0.05) is 0 Å². The molecule has 21 heavy (non-hydrogen) atoms. The Bertz CT molecular complexity index is 229. The van der Waals surface area contributed by atoms with Crippen LogP contribution in [0.25, 0.3) is 0 Å². The minimum absolute atomic E-state index is 1.37. The van der Waals surface area contributed by atoms with Gasteiger partial charge in [0.05, 0.1) is 26.2 Å². The third kappa shape index (κ3) is 9.91. The third-order valence-corrected chi connectivity index (χ3v) is 4.99. The zero-order valence-corrected chi connectivity index (χ0v) is 14.7. The van der Waals surface area contributed by atoms with E-state index in [-0.39, 0.29) is 0 Å². The molecule has 0 aromatic rings. The molecule has 0 unspecified atom stereocenters. The van der Waals surface area contributed by atoms with Gasteiger partial charge in [-0.25, -0.2) is 0 Å². The van der Waals surface area contributed by atoms with Gasteiger partial charge in [0.1, 0.15) is 0 Å². The summed E-state index contributed by atoms with van der Waals surface area (Å²) in [6.45, 7) is 15.3. The number of piperidine rings is 1. The summed E-state index contributed by atoms with van der Waals surface area (Å²) in [6.07, 6.45) is 17.5. The van der Waals surface area contributed by atoms with Gasteiger partial charge in [-0.2, -0.15) is 0 Å². The maximum Gasteiger partial charge on any atom is 0.0786 e. The van der Waals surface area contributed by atoms with Gasteiger partial charge in [0.2, 0.25) is 0 Å². The van der Waals surface area contributed by atoms with Crippen LogP contribution in [-0.4, -0.2) is 30.7 Å². The fourth-order valence-corrected chi connectivity index (χ4v) is 3.64. The SMILES string of the molecule is CCCCCCCCC[N+]1(CCCC)CCCCC1.[C-]#N. The highest BCUT2D eigenvalue weighted by molar-refractivity contribution is 4.56. The van der Waals surface area contributed by atoms with Crippen molar-refractivity contribution in [1.29, 1.82) is 5.26 Å². The standard InChI is InChI=1S/C18H38N.CN/c1-3-5-7-8-9-10-12-16-19(15-6-4-2)17-13-11-14-18-19;1-2/h3-18H2,1-2H3;/q+1;-1. The van der Waals surface area contributed by atoms with Gasteiger partial charge < -0.3 is 16.3 Å². The Morgan fingerprint density at radius 2 is 1.14 bits per heavy atom. The van der Waals surface area contributed by atoms with Gasteiger partial charge in [-0.15, -0.1) is 0 Å². The second-order valence-corrected chi connectivity index (χ2v) is 6.77. The van der Waals surface area contributed by atoms with Crippen molar-refractivity contribution in [3.8, 4) is 0 Å². The molecule has 0 aliphatic carbocycles. The predicted molar refractivity (Wildman–Crippen MR) is 91.4 cm³/mol. The van der Waals surface area contributed by atoms with E-state index in [2.05, 4.69) is 13.8 Å². The van der Waals surface area contributed by atoms with E-state index in [4.69, 9.17) is 11.8 Å². The summed E-state index contributed by atoms with van der Waals surface area (Å²) in [5, 5.41) is 6.25. The summed E-state index contributed by atoms with van der Waals surface area (Å²) < 4.78 is 1.48. The van der Waals surface area contributed by atoms with E-state index in [1.165, 1.54) is 108 Å². The molecule has 0 bridgehead atoms. The molecule has 0 N–H and O–H groups in total. The van der Waals surface area contributed by atoms with Crippen LogP contribution in [0.15, 0.2) is 0 Å². The van der Waals surface area contributed by atoms with Crippen molar-refractivity contribution < 1.29 is 4.48 Å². The molecular weight excluding hydrogens is 256 g/mol. The van der Waals surface area contributed by atoms with Crippen LogP contribution in [0.3, 0.4) is 0 Å². The van der Waals surface area contributed by atoms with Crippen LogP contribution in [0.5, 0.6) is 0 Å². The van der Waals surface area contributed by atoms with E-state index in [1.807, 2.05) is 0 Å². The molecule has 1 rings (SSSR count). The highest BCUT2D eigenvalue weighted by Crippen LogP contribution is 2.21. The molecule has 124 valence electrons. The number of hydrogen-bond donors (Lipinski definition) is 0. The second-order valence-electron chi connectivity index (χ2n) is 6.77. The minimum atomic E-state index is 1.37. The number of rotatable bonds is 11. The molecule has 0 aromatic carbocycles. The van der Waals surface area contributed by atoms with Crippen molar-refractivity contribution in [2.24, 2.45) is 0 Å². The van der Waals surface area contributed by atoms with E-state index >= 15 is 0 Å². The molecule has 0 saturated carbocycles. The van der Waals surface area contributed by atoms with E-state index in [0.29, 0.717) is 0 Å². The first kappa shape index (κ1) is 20.5. The first-order valence-corrected chi connectivity index (χ1v) is 9.40. The van der Waals surface area contributed by atoms with Crippen molar-refractivity contribution in [3.63, 3.8) is 0 Å². The Labute approximate surface area is 134 Å². The summed E-state index contributed by atoms with van der Waals surface area (Å²) >= 11 is 0. The zero-order chi connectivity index (χ0) is 15.8. The Morgan fingerprint density at radius 3 is 1.71 bits per heavy atom. The summed E-state index contributed by atoms with van der Waals surface area (Å²) in [5.41, 5.74) is 0. The number of likely N-dealkylation sites (tertiary alicyclic amines) is 1. The normalized spacial score (nSPS) is 17.0. The maximum absolute atomic E-state index is 6.25. The number of quaternary nitrogens is 1. The monoisotopic (exact) mass is 294 g/mol. The van der Waals surface area contributed by atoms with Crippen molar-refractivity contribution >= 4 is 0 Å². The van der Waals surface area contributed by atoms with Crippen molar-refractivity contribution in [2.75, 3.05) is 26.2 Å². The van der Waals surface area contributed by atoms with Gasteiger partial charge in [0.25, 0.3) is 0 Å². The summed E-state index contributed by atoms with van der Waals surface area (Å²) in [6, 6.07) is 0. The Balaban J connectivity index is 0.00000191. The molecule has 1 fully saturated rings. The van der Waals surface area contributed by atoms with E-state index in [0.717, 1.165) is 0 Å². The van der Waals surface area contributed by atoms with E-state index < -0.39 is 0 Å². The number of hydrogen-bond acceptors (Lipinski definition) is 1. The van der Waals surface area contributed by atoms with Crippen molar-refractivity contribution in [3.05, 3.63) is 6.57 Å². The molecule has 0 spiro atoms. The average molecular weight is 295 g/mol. The highest BCUT2D eigenvalue weighted by Gasteiger charge is 2.28. The third-order valence-electron chi connectivity index (χ3n) is 4.99. The van der Waals surface area contributed by atoms with E-state index in [9.17, 15) is 0 Å². The van der Waals surface area contributed by atoms with E-state index in [1.54, 1.807) is 0 Å². The molecule has 1 saturated heterocycles. The molecule has 2 nitrogen and oxygen atoms in total. The maximum atomic E-state index is 6.25. The lowest BCUT2D eigenvalue weighted by atomic mass is 10.0. The molecule has 1 aliphatic heterocycles. The lowest BCUT2D eigenvalue weighted by Gasteiger charge is -2.42. The molecule has 0 radical (unpaired) electrons. The Morgan fingerprint density at radius 1 is 0.667 bits per heavy atom. The Hall–Kier alpha value is -0.550. The van der Waals surface area contributed by atoms with Crippen LogP contribution in [0.1, 0.15) is 90.9 Å². The lowest BCUT2D eigenvalue weighted by molar-refractivity contribution is -0.932. The van der Waals surface area contributed by atoms with Gasteiger partial charge in [-0.3, -0.25) is 0 Å². The van der Waals surface area contributed by atoms with Crippen LogP contribution in [-0.2, 0) is 0 Å². The summed E-state index contributed by atoms with van der Waals surface area (Å²) in [4.78, 5) is 0. The lowest BCUT2D eigenvalue weighted by Crippen LogP contribution is -2.52. The van der Waals surface area contributed by atoms with Crippen LogP contribution in [0, 0.1) is 11.8 Å². The van der Waals surface area contributed by atoms with Crippen LogP contribution in [0.4, 0.5) is 0 Å². The summed E-state index contributed by atoms with van der Waals surface area (Å²) in [7, 11) is 0. The first-order valence-electron chi connectivity index (χ1n) is 9.40. The molecule has 0 atom stereocenters. The topological polar surface area (TPSA) is 23.8 Å². The van der Waals surface area contributed by atoms with Crippen LogP contribution in [0.2, 0.25) is 0 Å². The van der Waals surface area contributed by atoms with Crippen LogP contribution >= 0.6 is 0 Å². The number of unbranched alkanes of at least 4 members (excludes halogenated alkanes) is 7. The largest absolute Gasteiger partial charge is 0.512 e. The second kappa shape index (κ2) is 14.4. The van der Waals surface area contributed by atoms with Crippen molar-refractivity contribution in [1.82, 2.24) is 0 Å². The molecule has 1 heterocycles. The molecule has 0 amide bonds. The quantitative estimate of drug-likeness (QED) is 0.275. The van der Waals surface area contributed by atoms with Crippen LogP contribution < -0.4 is 0 Å². The highest BCUT2D eigenvalue weighted by atomic mass is 15.3. The van der Waals surface area contributed by atoms with Gasteiger partial charge in [0.15, 0.2) is 0 Å². The fraction of sp³-hybridized carbons (Fsp3) is 0.947. The minimum Gasteiger partial charge on any atom is -0.512 e. The predicted octanol–water partition coefficient (Wildman–Crippen LogP) is 5.63. The fourth-order valence-electron chi connectivity index (χ4n) is 3.64. The molecule has 1 aliphatic rings. The molecule has 2 heteroatoms. The molecular formula is C19H38N2. The average Bonchev–Trinajstić information content (AvgIpc) is 2.55. The smallest absolute Gasteiger partial charge is 0.0786 e. The van der Waals surface area contributed by atoms with Crippen molar-refractivity contribution in [2.45, 2.75) is 90.9 Å². The van der Waals surface area contributed by atoms with Gasteiger partial charge >= 0.3 is 0 Å². The first-order chi connectivity index (χ1) is 10.3. The van der Waals surface area contributed by atoms with Gasteiger partial charge in [-0.1, -0.05) is 52.4 Å². The zero-order valence-electron chi connectivity index (χ0n) is 14.7.